The summed E-state index contributed by atoms with van der Waals surface area (Å²) in [5.74, 6) is -0.328. The molecule has 0 spiro atoms. The Hall–Kier alpha value is -3.12. The third kappa shape index (κ3) is 2.46. The third-order valence-corrected chi connectivity index (χ3v) is 4.81. The van der Waals surface area contributed by atoms with Crippen molar-refractivity contribution in [1.82, 2.24) is 9.63 Å². The van der Waals surface area contributed by atoms with Gasteiger partial charge in [-0.2, -0.15) is 5.06 Å². The van der Waals surface area contributed by atoms with Gasteiger partial charge in [-0.25, -0.2) is 0 Å². The van der Waals surface area contributed by atoms with Gasteiger partial charge in [0.25, 0.3) is 5.91 Å². The van der Waals surface area contributed by atoms with Gasteiger partial charge in [0.05, 0.1) is 19.0 Å². The number of hydroxylamine groups is 2. The summed E-state index contributed by atoms with van der Waals surface area (Å²) < 4.78 is 1.89. The minimum Gasteiger partial charge on any atom is -0.315 e. The second-order valence-corrected chi connectivity index (χ2v) is 6.24. The van der Waals surface area contributed by atoms with Crippen molar-refractivity contribution in [2.24, 2.45) is 0 Å². The van der Waals surface area contributed by atoms with Crippen molar-refractivity contribution in [3.05, 3.63) is 66.4 Å². The summed E-state index contributed by atoms with van der Waals surface area (Å²) in [6, 6.07) is 19.0. The number of fused-ring (bicyclic) bond motifs is 3. The topological polar surface area (TPSA) is 54.8 Å². The van der Waals surface area contributed by atoms with Crippen LogP contribution in [0.25, 0.3) is 10.9 Å². The van der Waals surface area contributed by atoms with Crippen molar-refractivity contribution in [1.29, 1.82) is 0 Å². The minimum atomic E-state index is -0.513. The number of hydrogen-bond acceptors (Lipinski definition) is 3. The van der Waals surface area contributed by atoms with E-state index in [4.69, 9.17) is 4.84 Å². The molecule has 0 bridgehead atoms. The van der Waals surface area contributed by atoms with Gasteiger partial charge in [-0.1, -0.05) is 36.4 Å². The number of carbonyl (C=O) groups is 2. The van der Waals surface area contributed by atoms with Gasteiger partial charge < -0.3 is 9.47 Å². The molecule has 6 heteroatoms. The SMILES string of the molecule is CON1C(=O)c2cc3ccccc3n2C1CC(=O)N(C)c1ccccc1. The van der Waals surface area contributed by atoms with Crippen molar-refractivity contribution in [2.45, 2.75) is 12.6 Å². The van der Waals surface area contributed by atoms with Crippen LogP contribution in [0.15, 0.2) is 60.7 Å². The van der Waals surface area contributed by atoms with Crippen LogP contribution in [0, 0.1) is 0 Å². The van der Waals surface area contributed by atoms with E-state index in [0.29, 0.717) is 5.69 Å². The zero-order chi connectivity index (χ0) is 18.3. The molecule has 2 aromatic carbocycles. The van der Waals surface area contributed by atoms with Gasteiger partial charge in [0.1, 0.15) is 11.9 Å². The van der Waals surface area contributed by atoms with Gasteiger partial charge in [-0.15, -0.1) is 0 Å². The first-order valence-corrected chi connectivity index (χ1v) is 8.41. The summed E-state index contributed by atoms with van der Waals surface area (Å²) >= 11 is 0. The molecule has 6 nitrogen and oxygen atoms in total. The summed E-state index contributed by atoms with van der Waals surface area (Å²) in [4.78, 5) is 32.4. The zero-order valence-corrected chi connectivity index (χ0v) is 14.6. The molecular formula is C20H19N3O3. The number of hydrogen-bond donors (Lipinski definition) is 0. The van der Waals surface area contributed by atoms with Gasteiger partial charge in [0, 0.05) is 18.1 Å². The van der Waals surface area contributed by atoms with Gasteiger partial charge in [0.15, 0.2) is 0 Å². The molecule has 2 amide bonds. The Morgan fingerprint density at radius 3 is 2.54 bits per heavy atom. The van der Waals surface area contributed by atoms with Crippen LogP contribution < -0.4 is 4.90 Å². The lowest BCUT2D eigenvalue weighted by Gasteiger charge is -2.26. The zero-order valence-electron chi connectivity index (χ0n) is 14.6. The molecule has 1 aliphatic rings. The number of para-hydroxylation sites is 2. The average molecular weight is 349 g/mol. The van der Waals surface area contributed by atoms with E-state index in [1.807, 2.05) is 65.2 Å². The van der Waals surface area contributed by atoms with E-state index in [0.717, 1.165) is 16.6 Å². The summed E-state index contributed by atoms with van der Waals surface area (Å²) in [5, 5.41) is 2.25. The summed E-state index contributed by atoms with van der Waals surface area (Å²) in [5.41, 5.74) is 2.26. The monoisotopic (exact) mass is 349 g/mol. The van der Waals surface area contributed by atoms with Crippen molar-refractivity contribution >= 4 is 28.4 Å². The van der Waals surface area contributed by atoms with Crippen LogP contribution in [0.2, 0.25) is 0 Å². The maximum Gasteiger partial charge on any atom is 0.296 e. The fourth-order valence-corrected chi connectivity index (χ4v) is 3.48. The van der Waals surface area contributed by atoms with E-state index in [1.54, 1.807) is 11.9 Å². The van der Waals surface area contributed by atoms with E-state index in [1.165, 1.54) is 12.2 Å². The average Bonchev–Trinajstić information content (AvgIpc) is 3.17. The van der Waals surface area contributed by atoms with E-state index in [-0.39, 0.29) is 18.2 Å². The lowest BCUT2D eigenvalue weighted by Crippen LogP contribution is -2.34. The molecule has 1 aromatic heterocycles. The van der Waals surface area contributed by atoms with Gasteiger partial charge in [-0.3, -0.25) is 14.4 Å². The summed E-state index contributed by atoms with van der Waals surface area (Å²) in [7, 11) is 3.19. The molecule has 4 rings (SSSR count). The number of amides is 2. The Kier molecular flexibility index (Phi) is 3.97. The standard InChI is InChI=1S/C20H19N3O3/c1-21(15-9-4-3-5-10-15)19(24)13-18-22-16-11-7-6-8-14(16)12-17(22)20(25)23(18)26-2/h3-12,18H,13H2,1-2H3. The molecule has 3 aromatic rings. The van der Waals surface area contributed by atoms with Crippen molar-refractivity contribution in [3.8, 4) is 0 Å². The second kappa shape index (κ2) is 6.31. The lowest BCUT2D eigenvalue weighted by molar-refractivity contribution is -0.142. The molecular weight excluding hydrogens is 330 g/mol. The molecule has 1 unspecified atom stereocenters. The van der Waals surface area contributed by atoms with Crippen LogP contribution in [0.1, 0.15) is 23.1 Å². The van der Waals surface area contributed by atoms with E-state index in [9.17, 15) is 9.59 Å². The Morgan fingerprint density at radius 2 is 1.81 bits per heavy atom. The second-order valence-electron chi connectivity index (χ2n) is 6.24. The number of benzene rings is 2. The Balaban J connectivity index is 1.69. The quantitative estimate of drug-likeness (QED) is 0.727. The van der Waals surface area contributed by atoms with Crippen molar-refractivity contribution in [2.75, 3.05) is 19.1 Å². The fourth-order valence-electron chi connectivity index (χ4n) is 3.48. The van der Waals surface area contributed by atoms with E-state index >= 15 is 0 Å². The third-order valence-electron chi connectivity index (χ3n) is 4.81. The highest BCUT2D eigenvalue weighted by atomic mass is 16.7. The van der Waals surface area contributed by atoms with Gasteiger partial charge in [-0.05, 0) is 24.3 Å². The number of rotatable bonds is 4. The molecule has 0 aliphatic carbocycles. The van der Waals surface area contributed by atoms with E-state index in [2.05, 4.69) is 0 Å². The molecule has 0 radical (unpaired) electrons. The number of aromatic nitrogens is 1. The number of carbonyl (C=O) groups excluding carboxylic acids is 2. The van der Waals surface area contributed by atoms with Gasteiger partial charge >= 0.3 is 0 Å². The number of anilines is 1. The van der Waals surface area contributed by atoms with Crippen LogP contribution in [0.3, 0.4) is 0 Å². The highest BCUT2D eigenvalue weighted by Crippen LogP contribution is 2.36. The minimum absolute atomic E-state index is 0.0957. The van der Waals surface area contributed by atoms with Crippen LogP contribution >= 0.6 is 0 Å². The van der Waals surface area contributed by atoms with Crippen molar-refractivity contribution < 1.29 is 14.4 Å². The molecule has 0 saturated carbocycles. The van der Waals surface area contributed by atoms with Crippen LogP contribution in [-0.4, -0.2) is 35.6 Å². The first-order chi connectivity index (χ1) is 12.6. The maximum absolute atomic E-state index is 12.9. The molecule has 1 aliphatic heterocycles. The van der Waals surface area contributed by atoms with Crippen LogP contribution in [-0.2, 0) is 9.63 Å². The molecule has 132 valence electrons. The first kappa shape index (κ1) is 16.4. The Bertz CT molecular complexity index is 980. The molecule has 0 fully saturated rings. The molecule has 0 N–H and O–H groups in total. The predicted molar refractivity (Wildman–Crippen MR) is 98.6 cm³/mol. The fraction of sp³-hybridized carbons (Fsp3) is 0.200. The lowest BCUT2D eigenvalue weighted by atomic mass is 10.2. The predicted octanol–water partition coefficient (Wildman–Crippen LogP) is 3.21. The number of nitrogens with zero attached hydrogens (tertiary/aromatic N) is 3. The maximum atomic E-state index is 12.9. The summed E-state index contributed by atoms with van der Waals surface area (Å²) in [6.45, 7) is 0. The highest BCUT2D eigenvalue weighted by molar-refractivity contribution is 6.01. The van der Waals surface area contributed by atoms with Crippen molar-refractivity contribution in [3.63, 3.8) is 0 Å². The highest BCUT2D eigenvalue weighted by Gasteiger charge is 2.40. The molecule has 0 saturated heterocycles. The molecule has 26 heavy (non-hydrogen) atoms. The molecule has 2 heterocycles. The normalized spacial score (nSPS) is 16.2. The van der Waals surface area contributed by atoms with E-state index < -0.39 is 6.17 Å². The first-order valence-electron chi connectivity index (χ1n) is 8.41. The summed E-state index contributed by atoms with van der Waals surface area (Å²) in [6.07, 6.45) is -0.391. The van der Waals surface area contributed by atoms with Crippen LogP contribution in [0.5, 0.6) is 0 Å². The van der Waals surface area contributed by atoms with Gasteiger partial charge in [0.2, 0.25) is 5.91 Å². The van der Waals surface area contributed by atoms with Crippen LogP contribution in [0.4, 0.5) is 5.69 Å². The largest absolute Gasteiger partial charge is 0.315 e. The smallest absolute Gasteiger partial charge is 0.296 e. The molecule has 1 atom stereocenters. The Morgan fingerprint density at radius 1 is 1.12 bits per heavy atom. The Labute approximate surface area is 151 Å².